The van der Waals surface area contributed by atoms with Gasteiger partial charge in [-0.15, -0.1) is 11.3 Å². The fourth-order valence-electron chi connectivity index (χ4n) is 2.17. The molecule has 0 atom stereocenters. The molecule has 0 unspecified atom stereocenters. The summed E-state index contributed by atoms with van der Waals surface area (Å²) in [5.41, 5.74) is 1.06. The molecule has 0 aliphatic heterocycles. The van der Waals surface area contributed by atoms with Gasteiger partial charge in [0.25, 0.3) is 0 Å². The van der Waals surface area contributed by atoms with Gasteiger partial charge in [-0.3, -0.25) is 4.79 Å². The molecule has 1 saturated carbocycles. The van der Waals surface area contributed by atoms with Crippen LogP contribution in [-0.4, -0.2) is 16.8 Å². The summed E-state index contributed by atoms with van der Waals surface area (Å²) in [6.45, 7) is 0.736. The first kappa shape index (κ1) is 13.1. The lowest BCUT2D eigenvalue weighted by Crippen LogP contribution is -2.30. The van der Waals surface area contributed by atoms with E-state index in [0.717, 1.165) is 24.9 Å². The second-order valence-corrected chi connectivity index (χ2v) is 6.05. The molecule has 0 saturated heterocycles. The van der Waals surface area contributed by atoms with Crippen LogP contribution in [0.5, 0.6) is 0 Å². The molecule has 1 aliphatic carbocycles. The van der Waals surface area contributed by atoms with Gasteiger partial charge in [0.15, 0.2) is 0 Å². The van der Waals surface area contributed by atoms with Gasteiger partial charge in [0.2, 0.25) is 5.91 Å². The van der Waals surface area contributed by atoms with Crippen molar-refractivity contribution in [3.8, 4) is 0 Å². The average Bonchev–Trinajstić information content (AvgIpc) is 3.20. The van der Waals surface area contributed by atoms with E-state index in [1.165, 1.54) is 4.88 Å². The molecule has 2 nitrogen and oxygen atoms in total. The Morgan fingerprint density at radius 2 is 2.00 bits per heavy atom. The lowest BCUT2D eigenvalue weighted by atomic mass is 10.2. The molecule has 2 aromatic rings. The lowest BCUT2D eigenvalue weighted by Gasteiger charge is -2.19. The van der Waals surface area contributed by atoms with E-state index in [4.69, 9.17) is 0 Å². The fraction of sp³-hybridized carbons (Fsp3) is 0.235. The number of benzene rings is 1. The minimum atomic E-state index is 0.116. The van der Waals surface area contributed by atoms with Gasteiger partial charge in [0.1, 0.15) is 0 Å². The maximum absolute atomic E-state index is 12.4. The van der Waals surface area contributed by atoms with Crippen molar-refractivity contribution in [1.29, 1.82) is 0 Å². The third-order valence-electron chi connectivity index (χ3n) is 3.39. The molecule has 0 N–H and O–H groups in total. The van der Waals surface area contributed by atoms with Crippen molar-refractivity contribution in [2.75, 3.05) is 0 Å². The van der Waals surface area contributed by atoms with Crippen LogP contribution in [0.4, 0.5) is 0 Å². The molecule has 3 heteroatoms. The Kier molecular flexibility index (Phi) is 3.97. The van der Waals surface area contributed by atoms with Crippen molar-refractivity contribution in [2.45, 2.75) is 25.4 Å². The fourth-order valence-corrected chi connectivity index (χ4v) is 2.87. The molecule has 0 radical (unpaired) electrons. The average molecular weight is 283 g/mol. The van der Waals surface area contributed by atoms with Crippen LogP contribution in [0.15, 0.2) is 53.9 Å². The lowest BCUT2D eigenvalue weighted by molar-refractivity contribution is -0.127. The van der Waals surface area contributed by atoms with Crippen LogP contribution in [0.1, 0.15) is 23.3 Å². The zero-order valence-corrected chi connectivity index (χ0v) is 12.1. The van der Waals surface area contributed by atoms with Crippen LogP contribution in [-0.2, 0) is 11.3 Å². The SMILES string of the molecule is O=C(/C=C/c1ccccc1)N(Cc1cccs1)C1CC1. The van der Waals surface area contributed by atoms with Crippen molar-refractivity contribution in [2.24, 2.45) is 0 Å². The minimum Gasteiger partial charge on any atom is -0.331 e. The zero-order chi connectivity index (χ0) is 13.8. The van der Waals surface area contributed by atoms with Crippen LogP contribution in [0, 0.1) is 0 Å². The molecule has 3 rings (SSSR count). The zero-order valence-electron chi connectivity index (χ0n) is 11.2. The standard InChI is InChI=1S/C17H17NOS/c19-17(11-8-14-5-2-1-3-6-14)18(15-9-10-15)13-16-7-4-12-20-16/h1-8,11-12,15H,9-10,13H2/b11-8+. The largest absolute Gasteiger partial charge is 0.331 e. The number of carbonyl (C=O) groups excluding carboxylic acids is 1. The molecule has 0 bridgehead atoms. The van der Waals surface area contributed by atoms with Crippen LogP contribution in [0.2, 0.25) is 0 Å². The van der Waals surface area contributed by atoms with Crippen molar-refractivity contribution in [3.05, 3.63) is 64.4 Å². The van der Waals surface area contributed by atoms with Crippen LogP contribution < -0.4 is 0 Å². The number of amides is 1. The number of nitrogens with zero attached hydrogens (tertiary/aromatic N) is 1. The minimum absolute atomic E-state index is 0.116. The maximum Gasteiger partial charge on any atom is 0.247 e. The first-order valence-electron chi connectivity index (χ1n) is 6.89. The number of thiophene rings is 1. The summed E-state index contributed by atoms with van der Waals surface area (Å²) in [4.78, 5) is 15.6. The highest BCUT2D eigenvalue weighted by molar-refractivity contribution is 7.09. The van der Waals surface area contributed by atoms with E-state index in [2.05, 4.69) is 11.4 Å². The Bertz CT molecular complexity index is 585. The molecule has 1 aliphatic rings. The van der Waals surface area contributed by atoms with E-state index in [9.17, 15) is 4.79 Å². The van der Waals surface area contributed by atoms with E-state index in [1.807, 2.05) is 47.4 Å². The topological polar surface area (TPSA) is 20.3 Å². The summed E-state index contributed by atoms with van der Waals surface area (Å²) in [6.07, 6.45) is 5.86. The number of hydrogen-bond acceptors (Lipinski definition) is 2. The Labute approximate surface area is 123 Å². The molecule has 102 valence electrons. The van der Waals surface area contributed by atoms with Gasteiger partial charge < -0.3 is 4.90 Å². The number of carbonyl (C=O) groups is 1. The molecule has 1 aromatic carbocycles. The smallest absolute Gasteiger partial charge is 0.247 e. The third-order valence-corrected chi connectivity index (χ3v) is 4.26. The molecule has 20 heavy (non-hydrogen) atoms. The van der Waals surface area contributed by atoms with Gasteiger partial charge in [-0.05, 0) is 35.9 Å². The number of rotatable bonds is 5. The second-order valence-electron chi connectivity index (χ2n) is 5.02. The normalized spacial score (nSPS) is 14.6. The van der Waals surface area contributed by atoms with Gasteiger partial charge in [0.05, 0.1) is 6.54 Å². The Morgan fingerprint density at radius 3 is 2.65 bits per heavy atom. The van der Waals surface area contributed by atoms with Crippen molar-refractivity contribution >= 4 is 23.3 Å². The molecule has 1 aromatic heterocycles. The molecular formula is C17H17NOS. The third kappa shape index (κ3) is 3.36. The number of hydrogen-bond donors (Lipinski definition) is 0. The first-order chi connectivity index (χ1) is 9.83. The molecular weight excluding hydrogens is 266 g/mol. The van der Waals surface area contributed by atoms with E-state index in [1.54, 1.807) is 17.4 Å². The molecule has 1 fully saturated rings. The summed E-state index contributed by atoms with van der Waals surface area (Å²) in [6, 6.07) is 14.5. The Balaban J connectivity index is 1.68. The summed E-state index contributed by atoms with van der Waals surface area (Å²) in [5, 5.41) is 2.06. The molecule has 0 spiro atoms. The highest BCUT2D eigenvalue weighted by Crippen LogP contribution is 2.29. The van der Waals surface area contributed by atoms with Crippen molar-refractivity contribution < 1.29 is 4.79 Å². The van der Waals surface area contributed by atoms with Gasteiger partial charge in [-0.2, -0.15) is 0 Å². The Morgan fingerprint density at radius 1 is 1.20 bits per heavy atom. The van der Waals surface area contributed by atoms with Crippen LogP contribution >= 0.6 is 11.3 Å². The van der Waals surface area contributed by atoms with Gasteiger partial charge >= 0.3 is 0 Å². The van der Waals surface area contributed by atoms with Crippen LogP contribution in [0.25, 0.3) is 6.08 Å². The van der Waals surface area contributed by atoms with Gasteiger partial charge in [-0.25, -0.2) is 0 Å². The maximum atomic E-state index is 12.4. The second kappa shape index (κ2) is 6.06. The molecule has 1 amide bonds. The van der Waals surface area contributed by atoms with E-state index in [-0.39, 0.29) is 5.91 Å². The van der Waals surface area contributed by atoms with Gasteiger partial charge in [0, 0.05) is 17.0 Å². The quantitative estimate of drug-likeness (QED) is 0.761. The molecule has 1 heterocycles. The highest BCUT2D eigenvalue weighted by Gasteiger charge is 2.31. The van der Waals surface area contributed by atoms with Crippen LogP contribution in [0.3, 0.4) is 0 Å². The summed E-state index contributed by atoms with van der Waals surface area (Å²) in [7, 11) is 0. The first-order valence-corrected chi connectivity index (χ1v) is 7.77. The Hall–Kier alpha value is -1.87. The predicted molar refractivity (Wildman–Crippen MR) is 83.4 cm³/mol. The highest BCUT2D eigenvalue weighted by atomic mass is 32.1. The summed E-state index contributed by atoms with van der Waals surface area (Å²) >= 11 is 1.71. The van der Waals surface area contributed by atoms with Gasteiger partial charge in [-0.1, -0.05) is 36.4 Å². The summed E-state index contributed by atoms with van der Waals surface area (Å²) in [5.74, 6) is 0.116. The van der Waals surface area contributed by atoms with Crippen molar-refractivity contribution in [1.82, 2.24) is 4.90 Å². The monoisotopic (exact) mass is 283 g/mol. The van der Waals surface area contributed by atoms with E-state index in [0.29, 0.717) is 6.04 Å². The predicted octanol–water partition coefficient (Wildman–Crippen LogP) is 3.95. The summed E-state index contributed by atoms with van der Waals surface area (Å²) < 4.78 is 0. The van der Waals surface area contributed by atoms with Crippen molar-refractivity contribution in [3.63, 3.8) is 0 Å². The van der Waals surface area contributed by atoms with E-state index >= 15 is 0 Å². The van der Waals surface area contributed by atoms with E-state index < -0.39 is 0 Å².